The standard InChI is InChI=1S/C28H46N4O6/c1-25(2,3)16(14-31-17(33)11-27(7,8)12-18(31)34)29-24(38)30-21(26(4,5)6)22(35)32-13-15-19(28(15,9)10)20(32)23(36)37/h15-16,19-21H,11-14H2,1-10H3,(H,36,37)(H2,29,30,38)/t15-,16+,19-,20?,21+/m0/s1. The molecule has 1 unspecified atom stereocenters. The number of carboxylic acids is 1. The zero-order valence-electron chi connectivity index (χ0n) is 24.6. The lowest BCUT2D eigenvalue weighted by atomic mass is 9.80. The van der Waals surface area contributed by atoms with E-state index in [1.165, 1.54) is 9.80 Å². The van der Waals surface area contributed by atoms with E-state index in [4.69, 9.17) is 0 Å². The van der Waals surface area contributed by atoms with Gasteiger partial charge in [0.1, 0.15) is 12.1 Å². The van der Waals surface area contributed by atoms with Crippen molar-refractivity contribution in [2.24, 2.45) is 33.5 Å². The molecule has 0 radical (unpaired) electrons. The lowest BCUT2D eigenvalue weighted by Gasteiger charge is -2.40. The van der Waals surface area contributed by atoms with Gasteiger partial charge in [0.05, 0.1) is 6.04 Å². The first-order valence-corrected chi connectivity index (χ1v) is 13.5. The highest BCUT2D eigenvalue weighted by Gasteiger charge is 2.70. The molecule has 1 saturated carbocycles. The Morgan fingerprint density at radius 1 is 0.947 bits per heavy atom. The highest BCUT2D eigenvalue weighted by Crippen LogP contribution is 2.65. The maximum absolute atomic E-state index is 13.7. The summed E-state index contributed by atoms with van der Waals surface area (Å²) in [6.45, 7) is 19.4. The molecule has 0 aromatic heterocycles. The first-order chi connectivity index (χ1) is 17.1. The SMILES string of the molecule is CC1(C)CC(=O)N(C[C@@H](NC(=O)N[C@H](C(=O)N2C[C@H]3[C@@H](C2C(=O)O)C3(C)C)C(C)(C)C)C(C)(C)C)C(=O)C1. The minimum atomic E-state index is -1.03. The maximum Gasteiger partial charge on any atom is 0.326 e. The second-order valence-electron chi connectivity index (χ2n) is 15.0. The van der Waals surface area contributed by atoms with E-state index in [2.05, 4.69) is 10.6 Å². The van der Waals surface area contributed by atoms with Crippen molar-refractivity contribution in [2.45, 2.75) is 100 Å². The Bertz CT molecular complexity index is 1000. The number of amides is 5. The third-order valence-corrected chi connectivity index (χ3v) is 8.71. The number of piperidine rings is 2. The third kappa shape index (κ3) is 5.83. The minimum Gasteiger partial charge on any atom is -0.480 e. The average Bonchev–Trinajstić information content (AvgIpc) is 3.06. The molecule has 10 nitrogen and oxygen atoms in total. The number of urea groups is 1. The van der Waals surface area contributed by atoms with Crippen LogP contribution in [-0.4, -0.2) is 75.8 Å². The van der Waals surface area contributed by atoms with Crippen LogP contribution in [0.4, 0.5) is 4.79 Å². The Kier molecular flexibility index (Phi) is 7.49. The van der Waals surface area contributed by atoms with E-state index in [0.717, 1.165) is 0 Å². The van der Waals surface area contributed by atoms with Crippen molar-refractivity contribution in [2.75, 3.05) is 13.1 Å². The summed E-state index contributed by atoms with van der Waals surface area (Å²) in [6.07, 6.45) is 0.504. The van der Waals surface area contributed by atoms with Gasteiger partial charge in [0.2, 0.25) is 17.7 Å². The number of nitrogens with zero attached hydrogens (tertiary/aromatic N) is 2. The summed E-state index contributed by atoms with van der Waals surface area (Å²) < 4.78 is 0. The van der Waals surface area contributed by atoms with Crippen LogP contribution in [0.2, 0.25) is 0 Å². The van der Waals surface area contributed by atoms with Crippen LogP contribution in [-0.2, 0) is 19.2 Å². The quantitative estimate of drug-likeness (QED) is 0.448. The van der Waals surface area contributed by atoms with Gasteiger partial charge in [-0.25, -0.2) is 9.59 Å². The Morgan fingerprint density at radius 2 is 1.47 bits per heavy atom. The highest BCUT2D eigenvalue weighted by atomic mass is 16.4. The van der Waals surface area contributed by atoms with Crippen LogP contribution in [0.5, 0.6) is 0 Å². The van der Waals surface area contributed by atoms with Gasteiger partial charge in [-0.2, -0.15) is 0 Å². The Labute approximate surface area is 226 Å². The van der Waals surface area contributed by atoms with E-state index in [1.807, 2.05) is 69.2 Å². The molecule has 2 heterocycles. The van der Waals surface area contributed by atoms with E-state index in [-0.39, 0.29) is 48.5 Å². The molecule has 0 bridgehead atoms. The summed E-state index contributed by atoms with van der Waals surface area (Å²) in [4.78, 5) is 67.2. The molecule has 2 saturated heterocycles. The van der Waals surface area contributed by atoms with Crippen LogP contribution < -0.4 is 10.6 Å². The van der Waals surface area contributed by atoms with Crippen LogP contribution >= 0.6 is 0 Å². The molecule has 3 N–H and O–H groups in total. The normalized spacial score (nSPS) is 27.9. The number of aliphatic carboxylic acids is 1. The van der Waals surface area contributed by atoms with Gasteiger partial charge in [0.15, 0.2) is 0 Å². The van der Waals surface area contributed by atoms with Crippen LogP contribution in [0.3, 0.4) is 0 Å². The highest BCUT2D eigenvalue weighted by molar-refractivity contribution is 5.98. The average molecular weight is 535 g/mol. The monoisotopic (exact) mass is 534 g/mol. The van der Waals surface area contributed by atoms with Crippen LogP contribution in [0.25, 0.3) is 0 Å². The fraction of sp³-hybridized carbons (Fsp3) is 0.821. The molecule has 0 aromatic carbocycles. The number of carbonyl (C=O) groups is 5. The minimum absolute atomic E-state index is 0.0322. The summed E-state index contributed by atoms with van der Waals surface area (Å²) in [5, 5.41) is 15.6. The number of rotatable bonds is 6. The molecule has 3 fully saturated rings. The molecule has 3 aliphatic rings. The van der Waals surface area contributed by atoms with Crippen LogP contribution in [0.15, 0.2) is 0 Å². The fourth-order valence-corrected chi connectivity index (χ4v) is 6.07. The predicted molar refractivity (Wildman–Crippen MR) is 142 cm³/mol. The summed E-state index contributed by atoms with van der Waals surface area (Å²) in [6, 6.07) is -3.06. The first-order valence-electron chi connectivity index (χ1n) is 13.5. The van der Waals surface area contributed by atoms with Crippen LogP contribution in [0.1, 0.15) is 82.1 Å². The molecular weight excluding hydrogens is 488 g/mol. The van der Waals surface area contributed by atoms with Crippen molar-refractivity contribution in [3.63, 3.8) is 0 Å². The summed E-state index contributed by atoms with van der Waals surface area (Å²) in [7, 11) is 0. The van der Waals surface area contributed by atoms with E-state index in [0.29, 0.717) is 6.54 Å². The molecule has 5 amide bonds. The van der Waals surface area contributed by atoms with E-state index < -0.39 is 52.3 Å². The molecule has 214 valence electrons. The Balaban J connectivity index is 1.75. The van der Waals surface area contributed by atoms with Gasteiger partial charge in [-0.3, -0.25) is 19.3 Å². The van der Waals surface area contributed by atoms with Crippen molar-refractivity contribution < 1.29 is 29.1 Å². The van der Waals surface area contributed by atoms with Crippen molar-refractivity contribution >= 4 is 29.7 Å². The number of nitrogens with one attached hydrogen (secondary N) is 2. The molecule has 0 aromatic rings. The third-order valence-electron chi connectivity index (χ3n) is 8.71. The largest absolute Gasteiger partial charge is 0.480 e. The topological polar surface area (TPSA) is 136 Å². The molecule has 3 rings (SSSR count). The number of hydrogen-bond acceptors (Lipinski definition) is 5. The summed E-state index contributed by atoms with van der Waals surface area (Å²) in [5.41, 5.74) is -1.71. The summed E-state index contributed by atoms with van der Waals surface area (Å²) in [5.74, 6) is -1.95. The zero-order chi connectivity index (χ0) is 29.2. The Hall–Kier alpha value is -2.65. The van der Waals surface area contributed by atoms with Crippen molar-refractivity contribution in [3.05, 3.63) is 0 Å². The smallest absolute Gasteiger partial charge is 0.326 e. The van der Waals surface area contributed by atoms with E-state index in [1.54, 1.807) is 0 Å². The lowest BCUT2D eigenvalue weighted by Crippen LogP contribution is -2.62. The molecule has 1 aliphatic carbocycles. The predicted octanol–water partition coefficient (Wildman–Crippen LogP) is 2.86. The molecule has 5 atom stereocenters. The number of carbonyl (C=O) groups excluding carboxylic acids is 4. The molecule has 38 heavy (non-hydrogen) atoms. The van der Waals surface area contributed by atoms with Crippen molar-refractivity contribution in [1.29, 1.82) is 0 Å². The van der Waals surface area contributed by atoms with E-state index >= 15 is 0 Å². The maximum atomic E-state index is 13.7. The van der Waals surface area contributed by atoms with Crippen molar-refractivity contribution in [1.82, 2.24) is 20.4 Å². The number of imide groups is 1. The number of likely N-dealkylation sites (tertiary alicyclic amines) is 2. The van der Waals surface area contributed by atoms with Gasteiger partial charge in [-0.15, -0.1) is 0 Å². The van der Waals surface area contributed by atoms with Crippen molar-refractivity contribution in [3.8, 4) is 0 Å². The molecular formula is C28H46N4O6. The van der Waals surface area contributed by atoms with Gasteiger partial charge >= 0.3 is 12.0 Å². The zero-order valence-corrected chi connectivity index (χ0v) is 24.6. The van der Waals surface area contributed by atoms with Crippen LogP contribution in [0, 0.1) is 33.5 Å². The van der Waals surface area contributed by atoms with Gasteiger partial charge in [-0.05, 0) is 27.6 Å². The number of hydrogen-bond donors (Lipinski definition) is 3. The molecule has 2 aliphatic heterocycles. The fourth-order valence-electron chi connectivity index (χ4n) is 6.07. The first kappa shape index (κ1) is 29.9. The second-order valence-corrected chi connectivity index (χ2v) is 15.0. The second kappa shape index (κ2) is 9.52. The lowest BCUT2D eigenvalue weighted by molar-refractivity contribution is -0.153. The van der Waals surface area contributed by atoms with Gasteiger partial charge in [-0.1, -0.05) is 69.2 Å². The molecule has 10 heteroatoms. The number of fused-ring (bicyclic) bond motifs is 1. The summed E-state index contributed by atoms with van der Waals surface area (Å²) >= 11 is 0. The van der Waals surface area contributed by atoms with Gasteiger partial charge in [0, 0.05) is 31.8 Å². The Morgan fingerprint density at radius 3 is 1.92 bits per heavy atom. The van der Waals surface area contributed by atoms with Gasteiger partial charge < -0.3 is 20.6 Å². The molecule has 0 spiro atoms. The van der Waals surface area contributed by atoms with E-state index in [9.17, 15) is 29.1 Å². The number of carboxylic acid groups (broad SMARTS) is 1. The van der Waals surface area contributed by atoms with Gasteiger partial charge in [0.25, 0.3) is 0 Å².